The summed E-state index contributed by atoms with van der Waals surface area (Å²) < 4.78 is 0. The first-order chi connectivity index (χ1) is 2.27. The SMILES string of the molecule is CCC(C)O.[RbH]. The van der Waals surface area contributed by atoms with E-state index in [1.165, 1.54) is 0 Å². The quantitative estimate of drug-likeness (QED) is 0.578. The van der Waals surface area contributed by atoms with Crippen LogP contribution in [0.5, 0.6) is 0 Å². The van der Waals surface area contributed by atoms with Crippen molar-refractivity contribution in [2.75, 3.05) is 0 Å². The third-order valence-corrected chi connectivity index (χ3v) is 0.591. The van der Waals surface area contributed by atoms with E-state index in [2.05, 4.69) is 0 Å². The Morgan fingerprint density at radius 3 is 1.83 bits per heavy atom. The normalized spacial score (nSPS) is 12.5. The molecule has 0 rings (SSSR count). The Balaban J connectivity index is 0. The molecule has 0 aromatic carbocycles. The first kappa shape index (κ1) is 10.7. The van der Waals surface area contributed by atoms with Gasteiger partial charge in [0.1, 0.15) is 0 Å². The summed E-state index contributed by atoms with van der Waals surface area (Å²) in [5.41, 5.74) is 0. The number of aliphatic hydroxyl groups is 1. The molecule has 0 amide bonds. The average molecular weight is 161 g/mol. The van der Waals surface area contributed by atoms with Crippen molar-refractivity contribution in [1.82, 2.24) is 0 Å². The van der Waals surface area contributed by atoms with E-state index in [4.69, 9.17) is 5.11 Å². The molecule has 6 heavy (non-hydrogen) atoms. The van der Waals surface area contributed by atoms with Crippen molar-refractivity contribution in [3.8, 4) is 0 Å². The Hall–Kier alpha value is 1.77. The number of rotatable bonds is 1. The first-order valence-corrected chi connectivity index (χ1v) is 1.95. The molecule has 34 valence electrons. The fourth-order valence-electron chi connectivity index (χ4n) is 0. The molecule has 1 unspecified atom stereocenters. The maximum atomic E-state index is 8.36. The van der Waals surface area contributed by atoms with Crippen molar-refractivity contribution >= 4 is 58.2 Å². The molecule has 0 saturated carbocycles. The summed E-state index contributed by atoms with van der Waals surface area (Å²) in [6.07, 6.45) is 0.745. The summed E-state index contributed by atoms with van der Waals surface area (Å²) in [4.78, 5) is 0. The molecule has 1 N–H and O–H groups in total. The summed E-state index contributed by atoms with van der Waals surface area (Å²) in [6, 6.07) is 0. The standard InChI is InChI=1S/C4H10O.Rb.H/c1-3-4(2)5;;/h4-5H,3H2,1-2H3;;. The molecule has 0 aliphatic heterocycles. The summed E-state index contributed by atoms with van der Waals surface area (Å²) in [7, 11) is 0. The zero-order valence-corrected chi connectivity index (χ0v) is 3.73. The molecular weight excluding hydrogens is 150 g/mol. The summed E-state index contributed by atoms with van der Waals surface area (Å²) in [5.74, 6) is 0. The van der Waals surface area contributed by atoms with E-state index in [0.29, 0.717) is 0 Å². The van der Waals surface area contributed by atoms with Gasteiger partial charge in [-0.25, -0.2) is 0 Å². The van der Waals surface area contributed by atoms with Gasteiger partial charge in [0, 0.05) is 0 Å². The van der Waals surface area contributed by atoms with Crippen molar-refractivity contribution in [3.05, 3.63) is 0 Å². The predicted molar refractivity (Wildman–Crippen MR) is 29.1 cm³/mol. The Bertz CT molecular complexity index is 21.5. The van der Waals surface area contributed by atoms with E-state index in [1.54, 1.807) is 6.92 Å². The topological polar surface area (TPSA) is 20.2 Å². The van der Waals surface area contributed by atoms with E-state index in [0.717, 1.165) is 6.42 Å². The third kappa shape index (κ3) is 9.23. The molecule has 0 heterocycles. The van der Waals surface area contributed by atoms with Crippen LogP contribution >= 0.6 is 0 Å². The van der Waals surface area contributed by atoms with Gasteiger partial charge in [0.2, 0.25) is 0 Å². The van der Waals surface area contributed by atoms with Crippen LogP contribution in [0.3, 0.4) is 0 Å². The van der Waals surface area contributed by atoms with Crippen LogP contribution in [0.2, 0.25) is 0 Å². The van der Waals surface area contributed by atoms with Crippen LogP contribution in [0, 0.1) is 0 Å². The van der Waals surface area contributed by atoms with Gasteiger partial charge < -0.3 is 5.11 Å². The van der Waals surface area contributed by atoms with Gasteiger partial charge in [-0.2, -0.15) is 0 Å². The molecule has 0 spiro atoms. The van der Waals surface area contributed by atoms with Crippen LogP contribution in [0.25, 0.3) is 0 Å². The zero-order valence-electron chi connectivity index (χ0n) is 3.73. The van der Waals surface area contributed by atoms with E-state index >= 15 is 0 Å². The Labute approximate surface area is 87.9 Å². The van der Waals surface area contributed by atoms with Crippen LogP contribution in [0.1, 0.15) is 20.3 Å². The summed E-state index contributed by atoms with van der Waals surface area (Å²) >= 11 is 0. The molecule has 0 aromatic rings. The average Bonchev–Trinajstić information content (AvgIpc) is 1.38. The molecule has 1 atom stereocenters. The van der Waals surface area contributed by atoms with Crippen LogP contribution < -0.4 is 0 Å². The monoisotopic (exact) mass is 160 g/mol. The fourth-order valence-corrected chi connectivity index (χ4v) is 0. The van der Waals surface area contributed by atoms with Crippen molar-refractivity contribution in [2.24, 2.45) is 0 Å². The van der Waals surface area contributed by atoms with Gasteiger partial charge >= 0.3 is 58.2 Å². The molecule has 2 heteroatoms. The Kier molecular flexibility index (Phi) is 12.1. The molecule has 0 fully saturated rings. The molecule has 0 aliphatic carbocycles. The molecule has 0 radical (unpaired) electrons. The first-order valence-electron chi connectivity index (χ1n) is 1.95. The van der Waals surface area contributed by atoms with E-state index in [-0.39, 0.29) is 64.3 Å². The van der Waals surface area contributed by atoms with Gasteiger partial charge in [-0.05, 0) is 13.3 Å². The van der Waals surface area contributed by atoms with Gasteiger partial charge in [0.25, 0.3) is 0 Å². The molecule has 0 aliphatic rings. The second kappa shape index (κ2) is 6.77. The van der Waals surface area contributed by atoms with Gasteiger partial charge in [0.15, 0.2) is 0 Å². The number of hydrogen-bond donors (Lipinski definition) is 1. The van der Waals surface area contributed by atoms with E-state index in [9.17, 15) is 0 Å². The second-order valence-electron chi connectivity index (χ2n) is 1.26. The van der Waals surface area contributed by atoms with Crippen molar-refractivity contribution in [3.63, 3.8) is 0 Å². The van der Waals surface area contributed by atoms with Crippen LogP contribution in [0.15, 0.2) is 0 Å². The zero-order chi connectivity index (χ0) is 4.28. The van der Waals surface area contributed by atoms with Gasteiger partial charge in [-0.15, -0.1) is 0 Å². The Morgan fingerprint density at radius 2 is 1.83 bits per heavy atom. The molecule has 0 saturated heterocycles. The van der Waals surface area contributed by atoms with Gasteiger partial charge in [-0.3, -0.25) is 0 Å². The fraction of sp³-hybridized carbons (Fsp3) is 1.00. The van der Waals surface area contributed by atoms with Crippen molar-refractivity contribution in [2.45, 2.75) is 26.4 Å². The molecular formula is C4H11ORb. The second-order valence-corrected chi connectivity index (χ2v) is 1.26. The van der Waals surface area contributed by atoms with Crippen molar-refractivity contribution < 1.29 is 5.11 Å². The van der Waals surface area contributed by atoms with Crippen molar-refractivity contribution in [1.29, 1.82) is 0 Å². The summed E-state index contributed by atoms with van der Waals surface area (Å²) in [6.45, 7) is 3.73. The molecule has 1 nitrogen and oxygen atoms in total. The Morgan fingerprint density at radius 1 is 1.67 bits per heavy atom. The molecule has 0 bridgehead atoms. The minimum atomic E-state index is -0.116. The van der Waals surface area contributed by atoms with Gasteiger partial charge in [-0.1, -0.05) is 6.92 Å². The summed E-state index contributed by atoms with van der Waals surface area (Å²) in [5, 5.41) is 8.36. The number of hydrogen-bond acceptors (Lipinski definition) is 1. The third-order valence-electron chi connectivity index (χ3n) is 0.591. The van der Waals surface area contributed by atoms with Crippen LogP contribution in [-0.2, 0) is 0 Å². The number of aliphatic hydroxyl groups excluding tert-OH is 1. The minimum absolute atomic E-state index is 0. The van der Waals surface area contributed by atoms with Crippen LogP contribution in [0.4, 0.5) is 0 Å². The van der Waals surface area contributed by atoms with Gasteiger partial charge in [0.05, 0.1) is 6.10 Å². The predicted octanol–water partition coefficient (Wildman–Crippen LogP) is 0.129. The van der Waals surface area contributed by atoms with E-state index in [1.807, 2.05) is 6.92 Å². The molecule has 0 aromatic heterocycles. The van der Waals surface area contributed by atoms with Crippen LogP contribution in [-0.4, -0.2) is 69.4 Å². The van der Waals surface area contributed by atoms with E-state index < -0.39 is 0 Å². The maximum absolute atomic E-state index is 8.36.